The zero-order valence-corrected chi connectivity index (χ0v) is 19.3. The van der Waals surface area contributed by atoms with Gasteiger partial charge in [0.2, 0.25) is 0 Å². The van der Waals surface area contributed by atoms with Gasteiger partial charge in [-0.05, 0) is 74.5 Å². The van der Waals surface area contributed by atoms with Gasteiger partial charge in [-0.25, -0.2) is 9.97 Å². The average Bonchev–Trinajstić information content (AvgIpc) is 2.88. The van der Waals surface area contributed by atoms with Crippen LogP contribution in [0.3, 0.4) is 0 Å². The lowest BCUT2D eigenvalue weighted by molar-refractivity contribution is -0.138. The van der Waals surface area contributed by atoms with Crippen molar-refractivity contribution in [1.29, 1.82) is 0 Å². The minimum Gasteiger partial charge on any atom is -0.340 e. The number of pyridine rings is 1. The number of rotatable bonds is 4. The van der Waals surface area contributed by atoms with Crippen molar-refractivity contribution in [3.8, 4) is 11.3 Å². The van der Waals surface area contributed by atoms with Crippen molar-refractivity contribution < 1.29 is 26.3 Å². The number of nitrogens with zero attached hydrogens (tertiary/aromatic N) is 3. The van der Waals surface area contributed by atoms with E-state index in [-0.39, 0.29) is 17.2 Å². The second-order valence-corrected chi connectivity index (χ2v) is 8.78. The van der Waals surface area contributed by atoms with Crippen molar-refractivity contribution in [2.45, 2.75) is 31.1 Å². The van der Waals surface area contributed by atoms with E-state index in [4.69, 9.17) is 0 Å². The molecule has 192 valence electrons. The average molecular weight is 517 g/mol. The third-order valence-corrected chi connectivity index (χ3v) is 6.28. The molecular weight excluding hydrogens is 496 g/mol. The second-order valence-electron chi connectivity index (χ2n) is 8.78. The van der Waals surface area contributed by atoms with Crippen molar-refractivity contribution in [2.24, 2.45) is 0 Å². The lowest BCUT2D eigenvalue weighted by Crippen LogP contribution is -2.27. The first-order valence-electron chi connectivity index (χ1n) is 11.6. The van der Waals surface area contributed by atoms with E-state index in [1.807, 2.05) is 0 Å². The van der Waals surface area contributed by atoms with Gasteiger partial charge in [0.1, 0.15) is 11.6 Å². The predicted molar refractivity (Wildman–Crippen MR) is 127 cm³/mol. The van der Waals surface area contributed by atoms with Crippen LogP contribution in [-0.4, -0.2) is 28.0 Å². The molecule has 1 fully saturated rings. The molecule has 5 nitrogen and oxygen atoms in total. The van der Waals surface area contributed by atoms with E-state index in [9.17, 15) is 26.3 Å². The molecule has 0 bridgehead atoms. The SMILES string of the molecule is FC(F)(F)c1ccc(Nc2nc(C3CCNCC3)nc3cc(-c4ncccc4C(F)(F)F)ccc23)cc1. The number of anilines is 2. The highest BCUT2D eigenvalue weighted by Crippen LogP contribution is 2.38. The fourth-order valence-corrected chi connectivity index (χ4v) is 4.40. The van der Waals surface area contributed by atoms with Crippen LogP contribution in [0.1, 0.15) is 35.7 Å². The van der Waals surface area contributed by atoms with Gasteiger partial charge >= 0.3 is 12.4 Å². The molecule has 11 heteroatoms. The third kappa shape index (κ3) is 5.36. The number of hydrogen-bond donors (Lipinski definition) is 2. The standard InChI is InChI=1S/C26H21F6N5/c27-25(28,29)17-4-6-18(7-5-17)35-24-19-8-3-16(22-20(26(30,31)32)2-1-11-34-22)14-21(19)36-23(37-24)15-9-12-33-13-10-15/h1-8,11,14-15,33H,9-10,12-13H2,(H,35,36,37). The van der Waals surface area contributed by atoms with Crippen LogP contribution in [0, 0.1) is 0 Å². The zero-order chi connectivity index (χ0) is 26.2. The van der Waals surface area contributed by atoms with Crippen LogP contribution in [0.2, 0.25) is 0 Å². The first-order chi connectivity index (χ1) is 17.6. The van der Waals surface area contributed by atoms with Gasteiger partial charge in [-0.1, -0.05) is 6.07 Å². The van der Waals surface area contributed by atoms with E-state index in [2.05, 4.69) is 25.6 Å². The monoisotopic (exact) mass is 517 g/mol. The van der Waals surface area contributed by atoms with Gasteiger partial charge in [0.05, 0.1) is 22.3 Å². The summed E-state index contributed by atoms with van der Waals surface area (Å²) >= 11 is 0. The van der Waals surface area contributed by atoms with E-state index in [0.717, 1.165) is 44.1 Å². The minimum absolute atomic E-state index is 0.0306. The van der Waals surface area contributed by atoms with E-state index < -0.39 is 23.5 Å². The summed E-state index contributed by atoms with van der Waals surface area (Å²) < 4.78 is 79.7. The van der Waals surface area contributed by atoms with Crippen LogP contribution >= 0.6 is 0 Å². The molecule has 5 rings (SSSR count). The molecule has 37 heavy (non-hydrogen) atoms. The predicted octanol–water partition coefficient (Wildman–Crippen LogP) is 6.94. The summed E-state index contributed by atoms with van der Waals surface area (Å²) in [7, 11) is 0. The summed E-state index contributed by atoms with van der Waals surface area (Å²) in [6.45, 7) is 1.55. The molecule has 0 atom stereocenters. The molecule has 0 unspecified atom stereocenters. The maximum Gasteiger partial charge on any atom is 0.418 e. The van der Waals surface area contributed by atoms with E-state index >= 15 is 0 Å². The van der Waals surface area contributed by atoms with Gasteiger partial charge in [0, 0.05) is 28.8 Å². The molecule has 1 saturated heterocycles. The topological polar surface area (TPSA) is 62.7 Å². The minimum atomic E-state index is -4.58. The van der Waals surface area contributed by atoms with E-state index in [1.165, 1.54) is 36.5 Å². The largest absolute Gasteiger partial charge is 0.418 e. The van der Waals surface area contributed by atoms with E-state index in [0.29, 0.717) is 28.2 Å². The van der Waals surface area contributed by atoms with Gasteiger partial charge in [-0.3, -0.25) is 4.98 Å². The molecule has 1 aliphatic heterocycles. The normalized spacial score (nSPS) is 15.2. The lowest BCUT2D eigenvalue weighted by Gasteiger charge is -2.22. The van der Waals surface area contributed by atoms with Crippen molar-refractivity contribution in [1.82, 2.24) is 20.3 Å². The summed E-state index contributed by atoms with van der Waals surface area (Å²) in [4.78, 5) is 13.3. The molecule has 0 radical (unpaired) electrons. The maximum atomic E-state index is 13.6. The van der Waals surface area contributed by atoms with Crippen LogP contribution in [-0.2, 0) is 12.4 Å². The highest BCUT2D eigenvalue weighted by Gasteiger charge is 2.34. The number of aromatic nitrogens is 3. The van der Waals surface area contributed by atoms with Crippen molar-refractivity contribution >= 4 is 22.4 Å². The highest BCUT2D eigenvalue weighted by molar-refractivity contribution is 5.93. The maximum absolute atomic E-state index is 13.6. The number of nitrogens with one attached hydrogen (secondary N) is 2. The Morgan fingerprint density at radius 2 is 1.57 bits per heavy atom. The molecule has 2 N–H and O–H groups in total. The summed E-state index contributed by atoms with van der Waals surface area (Å²) in [6.07, 6.45) is -6.18. The molecule has 0 amide bonds. The zero-order valence-electron chi connectivity index (χ0n) is 19.3. The molecule has 0 aliphatic carbocycles. The molecule has 1 aliphatic rings. The van der Waals surface area contributed by atoms with Crippen LogP contribution in [0.5, 0.6) is 0 Å². The second kappa shape index (κ2) is 9.62. The Labute approximate surface area is 208 Å². The molecule has 3 heterocycles. The summed E-state index contributed by atoms with van der Waals surface area (Å²) in [5.41, 5.74) is -0.801. The highest BCUT2D eigenvalue weighted by atomic mass is 19.4. The Morgan fingerprint density at radius 1 is 0.838 bits per heavy atom. The first-order valence-corrected chi connectivity index (χ1v) is 11.6. The Morgan fingerprint density at radius 3 is 2.24 bits per heavy atom. The van der Waals surface area contributed by atoms with Crippen LogP contribution < -0.4 is 10.6 Å². The summed E-state index contributed by atoms with van der Waals surface area (Å²) in [6, 6.07) is 11.4. The number of hydrogen-bond acceptors (Lipinski definition) is 5. The number of piperidine rings is 1. The molecule has 0 spiro atoms. The third-order valence-electron chi connectivity index (χ3n) is 6.28. The summed E-state index contributed by atoms with van der Waals surface area (Å²) in [5, 5.41) is 6.86. The Balaban J connectivity index is 1.60. The van der Waals surface area contributed by atoms with Crippen molar-refractivity contribution in [2.75, 3.05) is 18.4 Å². The van der Waals surface area contributed by atoms with Gasteiger partial charge in [-0.2, -0.15) is 26.3 Å². The molecular formula is C26H21F6N5. The van der Waals surface area contributed by atoms with Gasteiger partial charge in [0.15, 0.2) is 0 Å². The Bertz CT molecular complexity index is 1410. The van der Waals surface area contributed by atoms with Crippen LogP contribution in [0.4, 0.5) is 37.8 Å². The van der Waals surface area contributed by atoms with Gasteiger partial charge in [-0.15, -0.1) is 0 Å². The molecule has 0 saturated carbocycles. The number of fused-ring (bicyclic) bond motifs is 1. The Kier molecular flexibility index (Phi) is 6.49. The lowest BCUT2D eigenvalue weighted by atomic mass is 9.97. The fourth-order valence-electron chi connectivity index (χ4n) is 4.40. The van der Waals surface area contributed by atoms with Gasteiger partial charge in [0.25, 0.3) is 0 Å². The molecule has 2 aromatic heterocycles. The van der Waals surface area contributed by atoms with Gasteiger partial charge < -0.3 is 10.6 Å². The molecule has 2 aromatic carbocycles. The quantitative estimate of drug-likeness (QED) is 0.287. The van der Waals surface area contributed by atoms with Crippen LogP contribution in [0.25, 0.3) is 22.2 Å². The summed E-state index contributed by atoms with van der Waals surface area (Å²) in [5.74, 6) is 0.919. The first kappa shape index (κ1) is 24.9. The smallest absolute Gasteiger partial charge is 0.340 e. The number of alkyl halides is 6. The number of benzene rings is 2. The van der Waals surface area contributed by atoms with Crippen LogP contribution in [0.15, 0.2) is 60.8 Å². The van der Waals surface area contributed by atoms with Crippen molar-refractivity contribution in [3.05, 3.63) is 77.7 Å². The van der Waals surface area contributed by atoms with Crippen molar-refractivity contribution in [3.63, 3.8) is 0 Å². The molecule has 4 aromatic rings. The Hall–Kier alpha value is -3.73. The number of halogens is 6. The van der Waals surface area contributed by atoms with E-state index in [1.54, 1.807) is 6.07 Å². The fraction of sp³-hybridized carbons (Fsp3) is 0.269.